The molecule has 30 heavy (non-hydrogen) atoms. The number of nitrogens with zero attached hydrogens (tertiary/aromatic N) is 5. The molecule has 0 unspecified atom stereocenters. The largest absolute Gasteiger partial charge is 0.492 e. The summed E-state index contributed by atoms with van der Waals surface area (Å²) in [5.41, 5.74) is 0. The number of hydrogen-bond donors (Lipinski definition) is 0. The van der Waals surface area contributed by atoms with E-state index in [0.29, 0.717) is 18.3 Å². The summed E-state index contributed by atoms with van der Waals surface area (Å²) >= 11 is 5.84. The number of piperidine rings is 1. The van der Waals surface area contributed by atoms with E-state index in [1.54, 1.807) is 6.07 Å². The molecular formula is C22H28ClN5O2. The SMILES string of the molecule is O=C([C@@H]1CCCN(c2ccc(Cl)nn2)C1)N1CCN(CCOc2ccccc2)CC1. The fourth-order valence-corrected chi connectivity index (χ4v) is 4.22. The van der Waals surface area contributed by atoms with Gasteiger partial charge in [0.05, 0.1) is 5.92 Å². The van der Waals surface area contributed by atoms with Crippen LogP contribution in [0.5, 0.6) is 5.75 Å². The Bertz CT molecular complexity index is 812. The lowest BCUT2D eigenvalue weighted by atomic mass is 9.96. The van der Waals surface area contributed by atoms with Crippen LogP contribution in [0, 0.1) is 5.92 Å². The summed E-state index contributed by atoms with van der Waals surface area (Å²) < 4.78 is 5.79. The zero-order valence-corrected chi connectivity index (χ0v) is 17.9. The smallest absolute Gasteiger partial charge is 0.227 e. The van der Waals surface area contributed by atoms with Crippen molar-refractivity contribution in [1.82, 2.24) is 20.0 Å². The van der Waals surface area contributed by atoms with E-state index in [9.17, 15) is 4.79 Å². The van der Waals surface area contributed by atoms with Crippen LogP contribution in [0.1, 0.15) is 12.8 Å². The van der Waals surface area contributed by atoms with Crippen molar-refractivity contribution in [3.8, 4) is 5.75 Å². The van der Waals surface area contributed by atoms with Gasteiger partial charge in [0.1, 0.15) is 12.4 Å². The maximum atomic E-state index is 13.1. The molecule has 7 nitrogen and oxygen atoms in total. The Hall–Kier alpha value is -2.38. The molecular weight excluding hydrogens is 402 g/mol. The summed E-state index contributed by atoms with van der Waals surface area (Å²) in [6.45, 7) is 6.48. The summed E-state index contributed by atoms with van der Waals surface area (Å²) in [6.07, 6.45) is 1.92. The summed E-state index contributed by atoms with van der Waals surface area (Å²) in [6, 6.07) is 13.5. The van der Waals surface area contributed by atoms with Gasteiger partial charge in [-0.2, -0.15) is 0 Å². The van der Waals surface area contributed by atoms with E-state index in [-0.39, 0.29) is 11.8 Å². The number of amides is 1. The molecule has 1 aromatic carbocycles. The zero-order valence-electron chi connectivity index (χ0n) is 17.1. The number of hydrogen-bond acceptors (Lipinski definition) is 6. The van der Waals surface area contributed by atoms with Gasteiger partial charge in [-0.15, -0.1) is 10.2 Å². The van der Waals surface area contributed by atoms with Crippen molar-refractivity contribution in [2.24, 2.45) is 5.92 Å². The second-order valence-electron chi connectivity index (χ2n) is 7.83. The van der Waals surface area contributed by atoms with Gasteiger partial charge in [0.15, 0.2) is 11.0 Å². The van der Waals surface area contributed by atoms with Crippen LogP contribution in [0.4, 0.5) is 5.82 Å². The van der Waals surface area contributed by atoms with Crippen LogP contribution in [0.3, 0.4) is 0 Å². The first-order valence-electron chi connectivity index (χ1n) is 10.6. The third-order valence-electron chi connectivity index (χ3n) is 5.82. The van der Waals surface area contributed by atoms with Gasteiger partial charge in [0.25, 0.3) is 0 Å². The highest BCUT2D eigenvalue weighted by atomic mass is 35.5. The summed E-state index contributed by atoms with van der Waals surface area (Å²) in [5.74, 6) is 1.98. The highest BCUT2D eigenvalue weighted by Crippen LogP contribution is 2.24. The Morgan fingerprint density at radius 3 is 2.57 bits per heavy atom. The van der Waals surface area contributed by atoms with Gasteiger partial charge in [-0.05, 0) is 37.1 Å². The first-order valence-corrected chi connectivity index (χ1v) is 11.0. The monoisotopic (exact) mass is 429 g/mol. The van der Waals surface area contributed by atoms with Crippen molar-refractivity contribution >= 4 is 23.3 Å². The molecule has 1 aromatic heterocycles. The molecule has 2 aliphatic rings. The topological polar surface area (TPSA) is 61.8 Å². The number of ether oxygens (including phenoxy) is 1. The van der Waals surface area contributed by atoms with Gasteiger partial charge in [0, 0.05) is 45.8 Å². The second kappa shape index (κ2) is 10.1. The second-order valence-corrected chi connectivity index (χ2v) is 8.22. The van der Waals surface area contributed by atoms with Crippen LogP contribution in [-0.4, -0.2) is 78.3 Å². The molecule has 0 N–H and O–H groups in total. The lowest BCUT2D eigenvalue weighted by Gasteiger charge is -2.39. The van der Waals surface area contributed by atoms with E-state index < -0.39 is 0 Å². The maximum absolute atomic E-state index is 13.1. The quantitative estimate of drug-likeness (QED) is 0.703. The summed E-state index contributed by atoms with van der Waals surface area (Å²) in [4.78, 5) is 19.6. The fourth-order valence-electron chi connectivity index (χ4n) is 4.12. The van der Waals surface area contributed by atoms with Crippen molar-refractivity contribution in [3.05, 3.63) is 47.6 Å². The highest BCUT2D eigenvalue weighted by molar-refractivity contribution is 6.29. The predicted molar refractivity (Wildman–Crippen MR) is 117 cm³/mol. The average molecular weight is 430 g/mol. The Labute approximate surface area is 182 Å². The van der Waals surface area contributed by atoms with Crippen molar-refractivity contribution in [2.45, 2.75) is 12.8 Å². The number of anilines is 1. The third-order valence-corrected chi connectivity index (χ3v) is 6.02. The standard InChI is InChI=1S/C22H28ClN5O2/c23-20-8-9-21(25-24-20)28-10-4-5-18(17-28)22(29)27-13-11-26(12-14-27)15-16-30-19-6-2-1-3-7-19/h1-3,6-9,18H,4-5,10-17H2/t18-/m1/s1. The van der Waals surface area contributed by atoms with E-state index in [0.717, 1.165) is 63.7 Å². The van der Waals surface area contributed by atoms with Crippen molar-refractivity contribution in [3.63, 3.8) is 0 Å². The minimum atomic E-state index is 0.0178. The number of carbonyl (C=O) groups is 1. The lowest BCUT2D eigenvalue weighted by Crippen LogP contribution is -2.53. The van der Waals surface area contributed by atoms with E-state index in [2.05, 4.69) is 20.0 Å². The number of rotatable bonds is 6. The van der Waals surface area contributed by atoms with Crippen molar-refractivity contribution in [2.75, 3.05) is 57.3 Å². The van der Waals surface area contributed by atoms with E-state index in [4.69, 9.17) is 16.3 Å². The lowest BCUT2D eigenvalue weighted by molar-refractivity contribution is -0.137. The molecule has 0 radical (unpaired) electrons. The minimum absolute atomic E-state index is 0.0178. The van der Waals surface area contributed by atoms with Crippen LogP contribution < -0.4 is 9.64 Å². The third kappa shape index (κ3) is 5.40. The van der Waals surface area contributed by atoms with Crippen LogP contribution in [0.15, 0.2) is 42.5 Å². The van der Waals surface area contributed by atoms with Crippen molar-refractivity contribution < 1.29 is 9.53 Å². The summed E-state index contributed by atoms with van der Waals surface area (Å²) in [7, 11) is 0. The van der Waals surface area contributed by atoms with E-state index in [1.807, 2.05) is 41.3 Å². The molecule has 0 spiro atoms. The molecule has 4 rings (SSSR count). The van der Waals surface area contributed by atoms with Gasteiger partial charge < -0.3 is 14.5 Å². The first kappa shape index (κ1) is 20.9. The number of aromatic nitrogens is 2. The normalized spacial score (nSPS) is 20.2. The number of piperazine rings is 1. The fraction of sp³-hybridized carbons (Fsp3) is 0.500. The number of benzene rings is 1. The zero-order chi connectivity index (χ0) is 20.8. The molecule has 1 atom stereocenters. The van der Waals surface area contributed by atoms with E-state index in [1.165, 1.54) is 0 Å². The average Bonchev–Trinajstić information content (AvgIpc) is 2.80. The molecule has 0 saturated carbocycles. The molecule has 3 heterocycles. The number of halogens is 1. The van der Waals surface area contributed by atoms with Crippen molar-refractivity contribution in [1.29, 1.82) is 0 Å². The molecule has 1 amide bonds. The molecule has 2 aromatic rings. The summed E-state index contributed by atoms with van der Waals surface area (Å²) in [5, 5.41) is 8.48. The Morgan fingerprint density at radius 1 is 1.03 bits per heavy atom. The molecule has 160 valence electrons. The van der Waals surface area contributed by atoms with Gasteiger partial charge >= 0.3 is 0 Å². The Kier molecular flexibility index (Phi) is 7.02. The Balaban J connectivity index is 1.22. The number of carbonyl (C=O) groups excluding carboxylic acids is 1. The predicted octanol–water partition coefficient (Wildman–Crippen LogP) is 2.57. The van der Waals surface area contributed by atoms with Gasteiger partial charge in [-0.3, -0.25) is 9.69 Å². The van der Waals surface area contributed by atoms with Crippen LogP contribution in [0.25, 0.3) is 0 Å². The first-order chi connectivity index (χ1) is 14.7. The molecule has 2 saturated heterocycles. The maximum Gasteiger partial charge on any atom is 0.227 e. The molecule has 8 heteroatoms. The van der Waals surface area contributed by atoms with Crippen LogP contribution >= 0.6 is 11.6 Å². The van der Waals surface area contributed by atoms with Crippen LogP contribution in [0.2, 0.25) is 5.15 Å². The molecule has 0 bridgehead atoms. The number of para-hydroxylation sites is 1. The highest BCUT2D eigenvalue weighted by Gasteiger charge is 2.31. The molecule has 2 aliphatic heterocycles. The Morgan fingerprint density at radius 2 is 1.83 bits per heavy atom. The van der Waals surface area contributed by atoms with Gasteiger partial charge in [-0.25, -0.2) is 0 Å². The molecule has 0 aliphatic carbocycles. The van der Waals surface area contributed by atoms with Gasteiger partial charge in [0.2, 0.25) is 5.91 Å². The molecule has 2 fully saturated rings. The van der Waals surface area contributed by atoms with Gasteiger partial charge in [-0.1, -0.05) is 29.8 Å². The van der Waals surface area contributed by atoms with Crippen LogP contribution in [-0.2, 0) is 4.79 Å². The van der Waals surface area contributed by atoms with E-state index >= 15 is 0 Å². The minimum Gasteiger partial charge on any atom is -0.492 e.